The molecule has 0 N–H and O–H groups in total. The van der Waals surface area contributed by atoms with Crippen LogP contribution in [0.25, 0.3) is 0 Å². The number of nitrogens with zero attached hydrogens (tertiary/aromatic N) is 4. The average Bonchev–Trinajstić information content (AvgIpc) is 3.15. The van der Waals surface area contributed by atoms with Gasteiger partial charge in [0, 0.05) is 27.1 Å². The molecule has 1 aliphatic rings. The largest absolute Gasteiger partial charge is 0.380 e. The smallest absolute Gasteiger partial charge is 0.256 e. The molecule has 1 saturated heterocycles. The molecule has 0 spiro atoms. The Morgan fingerprint density at radius 1 is 1.48 bits per heavy atom. The second kappa shape index (κ2) is 6.25. The number of aryl methyl sites for hydroxylation is 1. The van der Waals surface area contributed by atoms with Gasteiger partial charge >= 0.3 is 0 Å². The summed E-state index contributed by atoms with van der Waals surface area (Å²) in [7, 11) is 3.41. The molecule has 0 aliphatic carbocycles. The summed E-state index contributed by atoms with van der Waals surface area (Å²) in [5, 5.41) is 7.78. The Labute approximate surface area is 137 Å². The highest BCUT2D eigenvalue weighted by Crippen LogP contribution is 2.34. The predicted molar refractivity (Wildman–Crippen MR) is 81.6 cm³/mol. The van der Waals surface area contributed by atoms with Crippen LogP contribution in [0.5, 0.6) is 0 Å². The van der Waals surface area contributed by atoms with Crippen molar-refractivity contribution in [2.45, 2.75) is 18.6 Å². The number of amides is 1. The van der Waals surface area contributed by atoms with Gasteiger partial charge in [-0.05, 0) is 12.1 Å². The summed E-state index contributed by atoms with van der Waals surface area (Å²) in [6, 6.07) is 3.91. The molecule has 2 atom stereocenters. The van der Waals surface area contributed by atoms with Crippen molar-refractivity contribution in [1.29, 1.82) is 0 Å². The normalized spacial score (nSPS) is 21.0. The van der Waals surface area contributed by atoms with E-state index in [9.17, 15) is 9.18 Å². The van der Waals surface area contributed by atoms with Gasteiger partial charge in [0.25, 0.3) is 5.91 Å². The maximum absolute atomic E-state index is 13.7. The van der Waals surface area contributed by atoms with Crippen molar-refractivity contribution in [1.82, 2.24) is 19.7 Å². The van der Waals surface area contributed by atoms with Crippen LogP contribution >= 0.6 is 11.6 Å². The molecule has 0 unspecified atom stereocenters. The Morgan fingerprint density at radius 3 is 2.91 bits per heavy atom. The van der Waals surface area contributed by atoms with Crippen LogP contribution in [0.3, 0.4) is 0 Å². The number of aromatic nitrogens is 3. The number of halogens is 2. The minimum Gasteiger partial charge on any atom is -0.380 e. The highest BCUT2D eigenvalue weighted by Gasteiger charge is 2.39. The van der Waals surface area contributed by atoms with Crippen LogP contribution in [-0.2, 0) is 11.8 Å². The molecule has 1 fully saturated rings. The van der Waals surface area contributed by atoms with Gasteiger partial charge < -0.3 is 14.2 Å². The Kier molecular flexibility index (Phi) is 4.32. The van der Waals surface area contributed by atoms with E-state index in [2.05, 4.69) is 10.2 Å². The number of rotatable bonds is 3. The van der Waals surface area contributed by atoms with Crippen LogP contribution in [-0.4, -0.2) is 45.3 Å². The van der Waals surface area contributed by atoms with E-state index >= 15 is 0 Å². The molecule has 2 heterocycles. The highest BCUT2D eigenvalue weighted by molar-refractivity contribution is 6.34. The van der Waals surface area contributed by atoms with Crippen molar-refractivity contribution in [2.75, 3.05) is 13.7 Å². The molecule has 6 nitrogen and oxygen atoms in total. The molecule has 122 valence electrons. The van der Waals surface area contributed by atoms with Crippen LogP contribution in [0.15, 0.2) is 24.5 Å². The molecule has 1 amide bonds. The van der Waals surface area contributed by atoms with E-state index in [1.165, 1.54) is 18.2 Å². The first-order valence-electron chi connectivity index (χ1n) is 7.14. The van der Waals surface area contributed by atoms with Crippen molar-refractivity contribution in [3.63, 3.8) is 0 Å². The first-order chi connectivity index (χ1) is 11.0. The molecule has 8 heteroatoms. The Hall–Kier alpha value is -1.99. The standard InChI is InChI=1S/C15H16ClFN4O2/c1-20-8-18-19-14(20)12-6-9(23-2)7-21(12)15(22)10-4-3-5-11(17)13(10)16/h3-5,8-9,12H,6-7H2,1-2H3/t9-,12+/m1/s1. The van der Waals surface area contributed by atoms with Crippen LogP contribution in [0.4, 0.5) is 4.39 Å². The monoisotopic (exact) mass is 338 g/mol. The van der Waals surface area contributed by atoms with Gasteiger partial charge in [0.1, 0.15) is 12.1 Å². The number of ether oxygens (including phenoxy) is 1. The summed E-state index contributed by atoms with van der Waals surface area (Å²) in [5.74, 6) is -0.303. The Bertz CT molecular complexity index is 736. The van der Waals surface area contributed by atoms with Gasteiger partial charge in [-0.1, -0.05) is 17.7 Å². The number of methoxy groups -OCH3 is 1. The zero-order chi connectivity index (χ0) is 16.6. The lowest BCUT2D eigenvalue weighted by Gasteiger charge is -2.24. The van der Waals surface area contributed by atoms with Crippen molar-refractivity contribution in [3.8, 4) is 0 Å². The van der Waals surface area contributed by atoms with E-state index < -0.39 is 5.82 Å². The number of carbonyl (C=O) groups excluding carboxylic acids is 1. The predicted octanol–water partition coefficient (Wildman–Crippen LogP) is 2.21. The number of hydrogen-bond donors (Lipinski definition) is 0. The quantitative estimate of drug-likeness (QED) is 0.861. The third-order valence-corrected chi connectivity index (χ3v) is 4.47. The Morgan fingerprint density at radius 2 is 2.26 bits per heavy atom. The van der Waals surface area contributed by atoms with Crippen LogP contribution in [0, 0.1) is 5.82 Å². The third-order valence-electron chi connectivity index (χ3n) is 4.08. The minimum atomic E-state index is -0.616. The molecule has 0 bridgehead atoms. The second-order valence-corrected chi connectivity index (χ2v) is 5.85. The minimum absolute atomic E-state index is 0.118. The van der Waals surface area contributed by atoms with Gasteiger partial charge in [0.2, 0.25) is 0 Å². The SMILES string of the molecule is CO[C@@H]1C[C@@H](c2nncn2C)N(C(=O)c2cccc(F)c2Cl)C1. The molecule has 1 aromatic carbocycles. The fourth-order valence-corrected chi connectivity index (χ4v) is 3.06. The summed E-state index contributed by atoms with van der Waals surface area (Å²) in [6.45, 7) is 0.389. The van der Waals surface area contributed by atoms with Crippen molar-refractivity contribution < 1.29 is 13.9 Å². The van der Waals surface area contributed by atoms with Gasteiger partial charge in [0.05, 0.1) is 22.7 Å². The van der Waals surface area contributed by atoms with Crippen molar-refractivity contribution in [3.05, 3.63) is 46.8 Å². The summed E-state index contributed by atoms with van der Waals surface area (Å²) in [4.78, 5) is 14.5. The van der Waals surface area contributed by atoms with Crippen molar-refractivity contribution >= 4 is 17.5 Å². The highest BCUT2D eigenvalue weighted by atomic mass is 35.5. The molecule has 3 rings (SSSR count). The van der Waals surface area contributed by atoms with Gasteiger partial charge in [-0.15, -0.1) is 10.2 Å². The maximum atomic E-state index is 13.7. The van der Waals surface area contributed by atoms with Gasteiger partial charge in [-0.25, -0.2) is 4.39 Å². The molecule has 2 aromatic rings. The fraction of sp³-hybridized carbons (Fsp3) is 0.400. The lowest BCUT2D eigenvalue weighted by atomic mass is 10.1. The lowest BCUT2D eigenvalue weighted by molar-refractivity contribution is 0.0682. The van der Waals surface area contributed by atoms with Gasteiger partial charge in [-0.2, -0.15) is 0 Å². The first kappa shape index (κ1) is 15.9. The number of carbonyl (C=O) groups is 1. The fourth-order valence-electron chi connectivity index (χ4n) is 2.85. The zero-order valence-electron chi connectivity index (χ0n) is 12.7. The van der Waals surface area contributed by atoms with E-state index in [4.69, 9.17) is 16.3 Å². The molecular formula is C15H16ClFN4O2. The molecule has 1 aromatic heterocycles. The number of likely N-dealkylation sites (tertiary alicyclic amines) is 1. The second-order valence-electron chi connectivity index (χ2n) is 5.47. The van der Waals surface area contributed by atoms with E-state index in [0.717, 1.165) is 0 Å². The van der Waals surface area contributed by atoms with Crippen LogP contribution < -0.4 is 0 Å². The third kappa shape index (κ3) is 2.82. The first-order valence-corrected chi connectivity index (χ1v) is 7.52. The zero-order valence-corrected chi connectivity index (χ0v) is 13.5. The van der Waals surface area contributed by atoms with Gasteiger partial charge in [0.15, 0.2) is 5.82 Å². The molecular weight excluding hydrogens is 323 g/mol. The lowest BCUT2D eigenvalue weighted by Crippen LogP contribution is -2.33. The van der Waals surface area contributed by atoms with E-state index in [-0.39, 0.29) is 28.6 Å². The van der Waals surface area contributed by atoms with Crippen LogP contribution in [0.2, 0.25) is 5.02 Å². The van der Waals surface area contributed by atoms with E-state index in [1.54, 1.807) is 22.9 Å². The Balaban J connectivity index is 1.97. The summed E-state index contributed by atoms with van der Waals surface area (Å²) >= 11 is 5.95. The van der Waals surface area contributed by atoms with Crippen LogP contribution in [0.1, 0.15) is 28.6 Å². The summed E-state index contributed by atoms with van der Waals surface area (Å²) < 4.78 is 20.8. The summed E-state index contributed by atoms with van der Waals surface area (Å²) in [6.07, 6.45) is 2.06. The molecule has 0 saturated carbocycles. The number of benzene rings is 1. The molecule has 23 heavy (non-hydrogen) atoms. The van der Waals surface area contributed by atoms with E-state index in [0.29, 0.717) is 18.8 Å². The molecule has 1 aliphatic heterocycles. The topological polar surface area (TPSA) is 60.3 Å². The van der Waals surface area contributed by atoms with E-state index in [1.807, 2.05) is 7.05 Å². The van der Waals surface area contributed by atoms with Gasteiger partial charge in [-0.3, -0.25) is 4.79 Å². The van der Waals surface area contributed by atoms with Crippen molar-refractivity contribution in [2.24, 2.45) is 7.05 Å². The summed E-state index contributed by atoms with van der Waals surface area (Å²) in [5.41, 5.74) is 0.135. The molecule has 0 radical (unpaired) electrons. The average molecular weight is 339 g/mol. The maximum Gasteiger partial charge on any atom is 0.256 e. The number of hydrogen-bond acceptors (Lipinski definition) is 4.